The van der Waals surface area contributed by atoms with E-state index in [0.29, 0.717) is 0 Å². The number of rotatable bonds is 8. The second-order valence-electron chi connectivity index (χ2n) is 16.3. The Kier molecular flexibility index (Phi) is 9.17. The summed E-state index contributed by atoms with van der Waals surface area (Å²) in [6, 6.07) is 76.4. The number of nitrogens with zero attached hydrogens (tertiary/aromatic N) is 2. The molecule has 0 saturated carbocycles. The molecule has 11 rings (SSSR count). The predicted octanol–water partition coefficient (Wildman–Crippen LogP) is 17.1. The average molecular weight is 797 g/mol. The fourth-order valence-electron chi connectivity index (χ4n) is 9.61. The lowest BCUT2D eigenvalue weighted by Crippen LogP contribution is -2.13. The Balaban J connectivity index is 1.03. The molecule has 0 aliphatic carbocycles. The molecular weight excluding hydrogens is 753 g/mol. The number of aryl methyl sites for hydroxylation is 3. The van der Waals surface area contributed by atoms with Crippen molar-refractivity contribution < 1.29 is 4.42 Å². The largest absolute Gasteiger partial charge is 0.455 e. The van der Waals surface area contributed by atoms with Gasteiger partial charge in [0.1, 0.15) is 11.2 Å². The third kappa shape index (κ3) is 6.38. The first-order valence-electron chi connectivity index (χ1n) is 21.3. The molecule has 0 radical (unpaired) electrons. The quantitative estimate of drug-likeness (QED) is 0.143. The van der Waals surface area contributed by atoms with Gasteiger partial charge in [-0.15, -0.1) is 0 Å². The molecule has 1 heterocycles. The minimum Gasteiger partial charge on any atom is -0.455 e. The Hall–Kier alpha value is -7.88. The monoisotopic (exact) mass is 796 g/mol. The zero-order valence-electron chi connectivity index (χ0n) is 35.0. The van der Waals surface area contributed by atoms with E-state index in [9.17, 15) is 0 Å². The summed E-state index contributed by atoms with van der Waals surface area (Å²) in [5, 5.41) is 6.95. The molecule has 3 heteroatoms. The van der Waals surface area contributed by atoms with Crippen molar-refractivity contribution in [3.8, 4) is 22.3 Å². The van der Waals surface area contributed by atoms with E-state index in [0.717, 1.165) is 66.9 Å². The highest BCUT2D eigenvalue weighted by Gasteiger charge is 2.22. The number of anilines is 6. The van der Waals surface area contributed by atoms with Crippen molar-refractivity contribution in [3.05, 3.63) is 229 Å². The Morgan fingerprint density at radius 3 is 1.61 bits per heavy atom. The van der Waals surface area contributed by atoms with Crippen LogP contribution in [0.5, 0.6) is 0 Å². The summed E-state index contributed by atoms with van der Waals surface area (Å²) in [7, 11) is 0. The van der Waals surface area contributed by atoms with Crippen LogP contribution in [-0.4, -0.2) is 0 Å². The van der Waals surface area contributed by atoms with Crippen molar-refractivity contribution in [2.75, 3.05) is 9.80 Å². The number of benzene rings is 10. The Labute approximate surface area is 362 Å². The molecule has 10 aromatic carbocycles. The van der Waals surface area contributed by atoms with E-state index in [1.165, 1.54) is 49.7 Å². The normalized spacial score (nSPS) is 11.5. The standard InChI is InChI=1S/C59H44N2O/c1-39-35-40(2)58(41(3)36-39)61(46-21-11-6-12-22-46)48-32-34-53-56(38-48)62-59-52-33-29-44(37-54(52)50-24-13-14-25-51(50)57(53)59)42-27-30-47(31-28-42)60(45-19-9-5-10-20-45)55-26-16-15-23-49(55)43-17-7-4-8-18-43/h4-38H,1-3H3. The molecule has 62 heavy (non-hydrogen) atoms. The fraction of sp³-hybridized carbons (Fsp3) is 0.0508. The molecule has 296 valence electrons. The van der Waals surface area contributed by atoms with Gasteiger partial charge in [0, 0.05) is 50.5 Å². The van der Waals surface area contributed by atoms with Crippen molar-refractivity contribution in [1.82, 2.24) is 0 Å². The maximum atomic E-state index is 7.00. The lowest BCUT2D eigenvalue weighted by atomic mass is 9.94. The molecule has 0 unspecified atom stereocenters. The maximum absolute atomic E-state index is 7.00. The van der Waals surface area contributed by atoms with Crippen LogP contribution in [0, 0.1) is 20.8 Å². The van der Waals surface area contributed by atoms with Gasteiger partial charge in [-0.05, 0) is 131 Å². The Morgan fingerprint density at radius 2 is 0.903 bits per heavy atom. The summed E-state index contributed by atoms with van der Waals surface area (Å²) < 4.78 is 7.00. The third-order valence-corrected chi connectivity index (χ3v) is 12.3. The van der Waals surface area contributed by atoms with Gasteiger partial charge in [-0.1, -0.05) is 145 Å². The summed E-state index contributed by atoms with van der Waals surface area (Å²) in [6.45, 7) is 6.58. The summed E-state index contributed by atoms with van der Waals surface area (Å²) in [4.78, 5) is 4.72. The molecule has 0 amide bonds. The van der Waals surface area contributed by atoms with Crippen LogP contribution in [0.3, 0.4) is 0 Å². The van der Waals surface area contributed by atoms with E-state index < -0.39 is 0 Å². The minimum atomic E-state index is 0.870. The number of fused-ring (bicyclic) bond motifs is 8. The topological polar surface area (TPSA) is 19.6 Å². The molecule has 0 fully saturated rings. The molecular formula is C59H44N2O. The van der Waals surface area contributed by atoms with E-state index in [4.69, 9.17) is 4.42 Å². The van der Waals surface area contributed by atoms with Crippen LogP contribution in [0.15, 0.2) is 217 Å². The molecule has 0 aliphatic rings. The third-order valence-electron chi connectivity index (χ3n) is 12.3. The highest BCUT2D eigenvalue weighted by molar-refractivity contribution is 6.30. The van der Waals surface area contributed by atoms with E-state index in [2.05, 4.69) is 243 Å². The van der Waals surface area contributed by atoms with Crippen LogP contribution in [0.4, 0.5) is 34.1 Å². The highest BCUT2D eigenvalue weighted by Crippen LogP contribution is 2.46. The zero-order valence-corrected chi connectivity index (χ0v) is 35.0. The van der Waals surface area contributed by atoms with Gasteiger partial charge in [0.05, 0.1) is 11.4 Å². The average Bonchev–Trinajstić information content (AvgIpc) is 3.71. The van der Waals surface area contributed by atoms with Crippen molar-refractivity contribution in [2.45, 2.75) is 20.8 Å². The second kappa shape index (κ2) is 15.3. The van der Waals surface area contributed by atoms with Gasteiger partial charge in [-0.2, -0.15) is 0 Å². The van der Waals surface area contributed by atoms with Crippen LogP contribution >= 0.6 is 0 Å². The lowest BCUT2D eigenvalue weighted by molar-refractivity contribution is 0.673. The lowest BCUT2D eigenvalue weighted by Gasteiger charge is -2.29. The first-order valence-corrected chi connectivity index (χ1v) is 21.3. The molecule has 0 N–H and O–H groups in total. The van der Waals surface area contributed by atoms with Gasteiger partial charge >= 0.3 is 0 Å². The van der Waals surface area contributed by atoms with Crippen molar-refractivity contribution in [2.24, 2.45) is 0 Å². The number of hydrogen-bond donors (Lipinski definition) is 0. The van der Waals surface area contributed by atoms with Crippen molar-refractivity contribution in [3.63, 3.8) is 0 Å². The fourth-order valence-corrected chi connectivity index (χ4v) is 9.61. The Bertz CT molecular complexity index is 3400. The van der Waals surface area contributed by atoms with E-state index >= 15 is 0 Å². The predicted molar refractivity (Wildman–Crippen MR) is 263 cm³/mol. The van der Waals surface area contributed by atoms with Gasteiger partial charge in [-0.25, -0.2) is 0 Å². The van der Waals surface area contributed by atoms with E-state index in [1.807, 2.05) is 0 Å². The smallest absolute Gasteiger partial charge is 0.143 e. The SMILES string of the molecule is Cc1cc(C)c(N(c2ccccc2)c2ccc3c(c2)oc2c4ccc(-c5ccc(N(c6ccccc6)c6ccccc6-c6ccccc6)cc5)cc4c4ccccc4c32)c(C)c1. The minimum absolute atomic E-state index is 0.870. The zero-order chi connectivity index (χ0) is 41.7. The maximum Gasteiger partial charge on any atom is 0.143 e. The molecule has 0 saturated heterocycles. The van der Waals surface area contributed by atoms with Crippen LogP contribution in [0.2, 0.25) is 0 Å². The van der Waals surface area contributed by atoms with Gasteiger partial charge in [0.25, 0.3) is 0 Å². The highest BCUT2D eigenvalue weighted by atomic mass is 16.3. The van der Waals surface area contributed by atoms with Gasteiger partial charge in [0.2, 0.25) is 0 Å². The van der Waals surface area contributed by atoms with Gasteiger partial charge < -0.3 is 14.2 Å². The molecule has 0 bridgehead atoms. The molecule has 0 spiro atoms. The van der Waals surface area contributed by atoms with Crippen LogP contribution in [-0.2, 0) is 0 Å². The molecule has 0 atom stereocenters. The van der Waals surface area contributed by atoms with Crippen LogP contribution in [0.1, 0.15) is 16.7 Å². The van der Waals surface area contributed by atoms with Crippen molar-refractivity contribution in [1.29, 1.82) is 0 Å². The molecule has 0 aliphatic heterocycles. The van der Waals surface area contributed by atoms with Gasteiger partial charge in [0.15, 0.2) is 0 Å². The molecule has 3 nitrogen and oxygen atoms in total. The molecule has 1 aromatic heterocycles. The summed E-state index contributed by atoms with van der Waals surface area (Å²) >= 11 is 0. The van der Waals surface area contributed by atoms with Gasteiger partial charge in [-0.3, -0.25) is 0 Å². The molecule has 11 aromatic rings. The number of furan rings is 1. The first kappa shape index (κ1) is 37.1. The van der Waals surface area contributed by atoms with E-state index in [1.54, 1.807) is 0 Å². The summed E-state index contributed by atoms with van der Waals surface area (Å²) in [5.74, 6) is 0. The van der Waals surface area contributed by atoms with Crippen LogP contribution < -0.4 is 9.80 Å². The second-order valence-corrected chi connectivity index (χ2v) is 16.3. The summed E-state index contributed by atoms with van der Waals surface area (Å²) in [5.41, 5.74) is 16.9. The Morgan fingerprint density at radius 1 is 0.355 bits per heavy atom. The summed E-state index contributed by atoms with van der Waals surface area (Å²) in [6.07, 6.45) is 0. The van der Waals surface area contributed by atoms with Crippen molar-refractivity contribution >= 4 is 77.6 Å². The van der Waals surface area contributed by atoms with Crippen LogP contribution in [0.25, 0.3) is 65.7 Å². The number of hydrogen-bond acceptors (Lipinski definition) is 3. The van der Waals surface area contributed by atoms with E-state index in [-0.39, 0.29) is 0 Å². The number of para-hydroxylation sites is 3. The first-order chi connectivity index (χ1) is 30.5.